The Morgan fingerprint density at radius 3 is 2.44 bits per heavy atom. The summed E-state index contributed by atoms with van der Waals surface area (Å²) in [4.78, 5) is 8.29. The quantitative estimate of drug-likeness (QED) is 0.848. The summed E-state index contributed by atoms with van der Waals surface area (Å²) in [6, 6.07) is 0. The van der Waals surface area contributed by atoms with Gasteiger partial charge in [-0.3, -0.25) is 0 Å². The molecule has 2 rings (SSSR count). The van der Waals surface area contributed by atoms with E-state index in [2.05, 4.69) is 9.97 Å². The summed E-state index contributed by atoms with van der Waals surface area (Å²) in [7, 11) is 4.59. The van der Waals surface area contributed by atoms with Gasteiger partial charge in [-0.05, 0) is 19.3 Å². The Bertz CT molecular complexity index is 415. The maximum absolute atomic E-state index is 10.4. The number of ether oxygens (including phenoxy) is 3. The number of nitrogens with zero attached hydrogens (tertiary/aromatic N) is 2. The van der Waals surface area contributed by atoms with E-state index in [1.807, 2.05) is 0 Å². The first-order valence-electron chi connectivity index (χ1n) is 5.85. The zero-order valence-electron chi connectivity index (χ0n) is 10.8. The van der Waals surface area contributed by atoms with Crippen LogP contribution in [0.3, 0.4) is 0 Å². The maximum Gasteiger partial charge on any atom is 0.241 e. The molecule has 1 unspecified atom stereocenters. The van der Waals surface area contributed by atoms with Crippen molar-refractivity contribution >= 4 is 0 Å². The number of methoxy groups -OCH3 is 3. The largest absolute Gasteiger partial charge is 0.480 e. The third-order valence-electron chi connectivity index (χ3n) is 3.51. The van der Waals surface area contributed by atoms with Crippen LogP contribution in [0.1, 0.15) is 31.1 Å². The highest BCUT2D eigenvalue weighted by Gasteiger charge is 2.46. The first-order valence-corrected chi connectivity index (χ1v) is 5.85. The Hall–Kier alpha value is -1.40. The molecule has 1 aromatic rings. The lowest BCUT2D eigenvalue weighted by atomic mass is 9.74. The molecular weight excluding hydrogens is 236 g/mol. The van der Waals surface area contributed by atoms with E-state index in [9.17, 15) is 5.11 Å². The van der Waals surface area contributed by atoms with Crippen molar-refractivity contribution in [2.45, 2.75) is 31.0 Å². The van der Waals surface area contributed by atoms with Gasteiger partial charge in [0, 0.05) is 7.11 Å². The predicted molar refractivity (Wildman–Crippen MR) is 63.7 cm³/mol. The van der Waals surface area contributed by atoms with Gasteiger partial charge in [-0.15, -0.1) is 0 Å². The molecule has 0 aliphatic heterocycles. The van der Waals surface area contributed by atoms with E-state index in [0.717, 1.165) is 19.3 Å². The van der Waals surface area contributed by atoms with Gasteiger partial charge in [-0.1, -0.05) is 0 Å². The molecule has 1 aromatic heterocycles. The van der Waals surface area contributed by atoms with E-state index >= 15 is 0 Å². The van der Waals surface area contributed by atoms with Gasteiger partial charge < -0.3 is 19.3 Å². The van der Waals surface area contributed by atoms with Crippen molar-refractivity contribution in [3.63, 3.8) is 0 Å². The van der Waals surface area contributed by atoms with Crippen molar-refractivity contribution in [2.75, 3.05) is 21.3 Å². The molecule has 100 valence electrons. The van der Waals surface area contributed by atoms with Crippen LogP contribution in [0.25, 0.3) is 0 Å². The van der Waals surface area contributed by atoms with Gasteiger partial charge >= 0.3 is 0 Å². The number of hydrogen-bond acceptors (Lipinski definition) is 6. The third kappa shape index (κ3) is 2.02. The first-order chi connectivity index (χ1) is 8.66. The molecule has 0 amide bonds. The number of hydrogen-bond donors (Lipinski definition) is 1. The molecule has 1 atom stereocenters. The van der Waals surface area contributed by atoms with Gasteiger partial charge in [0.15, 0.2) is 0 Å². The summed E-state index contributed by atoms with van der Waals surface area (Å²) in [5.41, 5.74) is -0.170. The van der Waals surface area contributed by atoms with E-state index in [0.29, 0.717) is 11.6 Å². The average molecular weight is 254 g/mol. The molecule has 6 nitrogen and oxygen atoms in total. The van der Waals surface area contributed by atoms with Crippen LogP contribution in [0.15, 0.2) is 6.20 Å². The summed E-state index contributed by atoms with van der Waals surface area (Å²) in [6.07, 6.45) is 3.27. The molecule has 1 fully saturated rings. The van der Waals surface area contributed by atoms with Gasteiger partial charge in [0.1, 0.15) is 11.8 Å². The van der Waals surface area contributed by atoms with Crippen LogP contribution in [0.4, 0.5) is 0 Å². The lowest BCUT2D eigenvalue weighted by Crippen LogP contribution is -2.45. The summed E-state index contributed by atoms with van der Waals surface area (Å²) in [5.74, 6) is 0.619. The molecule has 0 spiro atoms. The van der Waals surface area contributed by atoms with E-state index in [1.54, 1.807) is 7.11 Å². The molecule has 1 heterocycles. The minimum absolute atomic E-state index is 0.269. The molecule has 1 N–H and O–H groups in total. The minimum atomic E-state index is -0.843. The molecule has 0 aromatic carbocycles. The zero-order chi connectivity index (χ0) is 13.2. The summed E-state index contributed by atoms with van der Waals surface area (Å²) >= 11 is 0. The van der Waals surface area contributed by atoms with Gasteiger partial charge in [0.25, 0.3) is 0 Å². The molecule has 0 bridgehead atoms. The highest BCUT2D eigenvalue weighted by Crippen LogP contribution is 2.45. The van der Waals surface area contributed by atoms with Crippen LogP contribution in [0.5, 0.6) is 11.8 Å². The molecule has 6 heteroatoms. The van der Waals surface area contributed by atoms with E-state index in [4.69, 9.17) is 14.2 Å². The van der Waals surface area contributed by atoms with Crippen molar-refractivity contribution in [3.8, 4) is 11.8 Å². The van der Waals surface area contributed by atoms with Gasteiger partial charge in [-0.25, -0.2) is 4.98 Å². The molecule has 1 aliphatic rings. The normalized spacial score (nSPS) is 18.9. The standard InChI is InChI=1S/C12H18N2O4/c1-16-8-7-13-9(11(14-8)17-2)10(15)12(18-3)5-4-6-12/h7,10,15H,4-6H2,1-3H3. The fourth-order valence-corrected chi connectivity index (χ4v) is 2.17. The topological polar surface area (TPSA) is 73.7 Å². The second kappa shape index (κ2) is 5.07. The second-order valence-corrected chi connectivity index (χ2v) is 4.33. The lowest BCUT2D eigenvalue weighted by molar-refractivity contribution is -0.153. The van der Waals surface area contributed by atoms with Crippen LogP contribution < -0.4 is 9.47 Å². The maximum atomic E-state index is 10.4. The predicted octanol–water partition coefficient (Wildman–Crippen LogP) is 1.10. The van der Waals surface area contributed by atoms with Crippen LogP contribution in [0, 0.1) is 0 Å². The highest BCUT2D eigenvalue weighted by atomic mass is 16.5. The number of rotatable bonds is 5. The summed E-state index contributed by atoms with van der Waals surface area (Å²) in [6.45, 7) is 0. The van der Waals surface area contributed by atoms with E-state index in [-0.39, 0.29) is 5.88 Å². The molecule has 1 saturated carbocycles. The van der Waals surface area contributed by atoms with Gasteiger partial charge in [-0.2, -0.15) is 4.98 Å². The Morgan fingerprint density at radius 2 is 2.00 bits per heavy atom. The molecule has 0 saturated heterocycles. The molecule has 0 radical (unpaired) electrons. The molecule has 18 heavy (non-hydrogen) atoms. The smallest absolute Gasteiger partial charge is 0.241 e. The van der Waals surface area contributed by atoms with Crippen molar-refractivity contribution in [1.82, 2.24) is 9.97 Å². The Balaban J connectivity index is 2.32. The SMILES string of the molecule is COc1cnc(C(O)C2(OC)CCC2)c(OC)n1. The second-order valence-electron chi connectivity index (χ2n) is 4.33. The Morgan fingerprint density at radius 1 is 1.28 bits per heavy atom. The number of aromatic nitrogens is 2. The third-order valence-corrected chi connectivity index (χ3v) is 3.51. The Kier molecular flexibility index (Phi) is 3.68. The van der Waals surface area contributed by atoms with Crippen LogP contribution >= 0.6 is 0 Å². The van der Waals surface area contributed by atoms with Crippen LogP contribution in [-0.4, -0.2) is 42.0 Å². The Labute approximate surface area is 106 Å². The fraction of sp³-hybridized carbons (Fsp3) is 0.667. The zero-order valence-corrected chi connectivity index (χ0v) is 10.8. The van der Waals surface area contributed by atoms with Crippen molar-refractivity contribution in [2.24, 2.45) is 0 Å². The van der Waals surface area contributed by atoms with Crippen molar-refractivity contribution in [3.05, 3.63) is 11.9 Å². The average Bonchev–Trinajstić information content (AvgIpc) is 2.37. The summed E-state index contributed by atoms with van der Waals surface area (Å²) in [5, 5.41) is 10.4. The number of aliphatic hydroxyl groups is 1. The van der Waals surface area contributed by atoms with Crippen molar-refractivity contribution in [1.29, 1.82) is 0 Å². The fourth-order valence-electron chi connectivity index (χ4n) is 2.17. The lowest BCUT2D eigenvalue weighted by Gasteiger charge is -2.43. The highest BCUT2D eigenvalue weighted by molar-refractivity contribution is 5.27. The minimum Gasteiger partial charge on any atom is -0.480 e. The number of aliphatic hydroxyl groups excluding tert-OH is 1. The van der Waals surface area contributed by atoms with Gasteiger partial charge in [0.2, 0.25) is 11.8 Å². The first kappa shape index (κ1) is 13.0. The van der Waals surface area contributed by atoms with Gasteiger partial charge in [0.05, 0.1) is 26.0 Å². The molecule has 1 aliphatic carbocycles. The van der Waals surface area contributed by atoms with Crippen LogP contribution in [0.2, 0.25) is 0 Å². The molecular formula is C12H18N2O4. The van der Waals surface area contributed by atoms with E-state index in [1.165, 1.54) is 20.4 Å². The van der Waals surface area contributed by atoms with Crippen molar-refractivity contribution < 1.29 is 19.3 Å². The summed E-state index contributed by atoms with van der Waals surface area (Å²) < 4.78 is 15.6. The van der Waals surface area contributed by atoms with Crippen LogP contribution in [-0.2, 0) is 4.74 Å². The monoisotopic (exact) mass is 254 g/mol. The van der Waals surface area contributed by atoms with E-state index < -0.39 is 11.7 Å².